The van der Waals surface area contributed by atoms with Gasteiger partial charge in [0.2, 0.25) is 0 Å². The predicted molar refractivity (Wildman–Crippen MR) is 146 cm³/mol. The standard InChI is InChI=1S/C31H40N2O6/c1-31(17-19-8-10-25(38-2)11-9-19,29(36)32-26(18-34)28(35)22-6-4-3-5-7-22)39-30(37)33-27-23-13-20-12-21(15-23)16-24(27)14-20/h3-11,20-21,23-24,26-28,34-35H,12-18H2,1-2H3,(H,32,36)(H,33,37). The topological polar surface area (TPSA) is 117 Å². The fourth-order valence-electron chi connectivity index (χ4n) is 7.25. The smallest absolute Gasteiger partial charge is 0.408 e. The molecule has 4 fully saturated rings. The van der Waals surface area contributed by atoms with Crippen molar-refractivity contribution in [3.63, 3.8) is 0 Å². The van der Waals surface area contributed by atoms with Gasteiger partial charge in [0.15, 0.2) is 5.60 Å². The monoisotopic (exact) mass is 536 g/mol. The maximum atomic E-state index is 13.7. The number of carbonyl (C=O) groups excluding carboxylic acids is 2. The van der Waals surface area contributed by atoms with Crippen molar-refractivity contribution >= 4 is 12.0 Å². The highest BCUT2D eigenvalue weighted by Crippen LogP contribution is 2.53. The number of ether oxygens (including phenoxy) is 2. The summed E-state index contributed by atoms with van der Waals surface area (Å²) in [6.45, 7) is 1.09. The molecule has 2 amide bonds. The van der Waals surface area contributed by atoms with Crippen molar-refractivity contribution in [2.45, 2.75) is 69.2 Å². The Balaban J connectivity index is 1.32. The van der Waals surface area contributed by atoms with Crippen molar-refractivity contribution in [2.75, 3.05) is 13.7 Å². The molecule has 2 aromatic rings. The van der Waals surface area contributed by atoms with Crippen LogP contribution in [0, 0.1) is 23.7 Å². The van der Waals surface area contributed by atoms with Gasteiger partial charge >= 0.3 is 6.09 Å². The molecule has 6 rings (SSSR count). The summed E-state index contributed by atoms with van der Waals surface area (Å²) in [7, 11) is 1.58. The summed E-state index contributed by atoms with van der Waals surface area (Å²) in [4.78, 5) is 27.0. The summed E-state index contributed by atoms with van der Waals surface area (Å²) < 4.78 is 11.2. The number of aliphatic hydroxyl groups excluding tert-OH is 2. The van der Waals surface area contributed by atoms with E-state index in [1.54, 1.807) is 50.4 Å². The van der Waals surface area contributed by atoms with E-state index in [1.165, 1.54) is 6.42 Å². The number of rotatable bonds is 10. The first-order valence-electron chi connectivity index (χ1n) is 14.0. The lowest BCUT2D eigenvalue weighted by atomic mass is 9.54. The van der Waals surface area contributed by atoms with Crippen LogP contribution in [0.3, 0.4) is 0 Å². The molecule has 4 N–H and O–H groups in total. The molecular weight excluding hydrogens is 496 g/mol. The van der Waals surface area contributed by atoms with Crippen molar-refractivity contribution < 1.29 is 29.3 Å². The third-order valence-electron chi connectivity index (χ3n) is 9.05. The first-order chi connectivity index (χ1) is 18.8. The number of carbonyl (C=O) groups is 2. The molecule has 8 heteroatoms. The van der Waals surface area contributed by atoms with E-state index in [1.807, 2.05) is 18.2 Å². The highest BCUT2D eigenvalue weighted by molar-refractivity contribution is 5.88. The minimum absolute atomic E-state index is 0.0729. The molecule has 4 aliphatic rings. The Kier molecular flexibility index (Phi) is 8.14. The number of nitrogens with one attached hydrogen (secondary N) is 2. The van der Waals surface area contributed by atoms with Gasteiger partial charge in [-0.15, -0.1) is 0 Å². The van der Waals surface area contributed by atoms with E-state index in [2.05, 4.69) is 10.6 Å². The van der Waals surface area contributed by atoms with Crippen molar-refractivity contribution in [3.8, 4) is 5.75 Å². The lowest BCUT2D eigenvalue weighted by molar-refractivity contribution is -0.140. The second-order valence-corrected chi connectivity index (χ2v) is 11.9. The Hall–Kier alpha value is -3.10. The number of amides is 2. The summed E-state index contributed by atoms with van der Waals surface area (Å²) in [5.41, 5.74) is -0.247. The van der Waals surface area contributed by atoms with Crippen LogP contribution in [0.5, 0.6) is 5.75 Å². The van der Waals surface area contributed by atoms with Gasteiger partial charge in [0.25, 0.3) is 5.91 Å². The summed E-state index contributed by atoms with van der Waals surface area (Å²) >= 11 is 0. The molecule has 0 radical (unpaired) electrons. The first-order valence-corrected chi connectivity index (χ1v) is 14.0. The highest BCUT2D eigenvalue weighted by atomic mass is 16.6. The molecule has 0 aliphatic heterocycles. The number of hydrogen-bond acceptors (Lipinski definition) is 6. The van der Waals surface area contributed by atoms with Crippen molar-refractivity contribution in [2.24, 2.45) is 23.7 Å². The molecule has 2 aromatic carbocycles. The summed E-state index contributed by atoms with van der Waals surface area (Å²) in [5.74, 6) is 2.58. The normalized spacial score (nSPS) is 28.2. The molecule has 0 aromatic heterocycles. The summed E-state index contributed by atoms with van der Waals surface area (Å²) in [6, 6.07) is 15.2. The summed E-state index contributed by atoms with van der Waals surface area (Å²) in [6.07, 6.45) is 4.29. The van der Waals surface area contributed by atoms with Crippen molar-refractivity contribution in [1.29, 1.82) is 0 Å². The second kappa shape index (κ2) is 11.6. The quantitative estimate of drug-likeness (QED) is 0.367. The molecule has 4 aliphatic carbocycles. The number of alkyl carbamates (subject to hydrolysis) is 1. The summed E-state index contributed by atoms with van der Waals surface area (Å²) in [5, 5.41) is 26.7. The number of aliphatic hydroxyl groups is 2. The van der Waals surface area contributed by atoms with E-state index in [0.29, 0.717) is 23.1 Å². The third kappa shape index (κ3) is 6.07. The fourth-order valence-corrected chi connectivity index (χ4v) is 7.25. The molecule has 0 spiro atoms. The Morgan fingerprint density at radius 3 is 2.15 bits per heavy atom. The molecule has 8 nitrogen and oxygen atoms in total. The molecular formula is C31H40N2O6. The molecule has 3 unspecified atom stereocenters. The van der Waals surface area contributed by atoms with Gasteiger partial charge in [0.05, 0.1) is 19.8 Å². The lowest BCUT2D eigenvalue weighted by Gasteiger charge is -2.54. The van der Waals surface area contributed by atoms with Crippen LogP contribution >= 0.6 is 0 Å². The van der Waals surface area contributed by atoms with Gasteiger partial charge in [-0.2, -0.15) is 0 Å². The minimum atomic E-state index is -1.59. The van der Waals surface area contributed by atoms with Gasteiger partial charge in [-0.25, -0.2) is 4.79 Å². The van der Waals surface area contributed by atoms with Crippen LogP contribution in [-0.4, -0.2) is 53.6 Å². The third-order valence-corrected chi connectivity index (χ3v) is 9.05. The fraction of sp³-hybridized carbons (Fsp3) is 0.548. The van der Waals surface area contributed by atoms with Crippen LogP contribution in [0.2, 0.25) is 0 Å². The van der Waals surface area contributed by atoms with E-state index >= 15 is 0 Å². The first kappa shape index (κ1) is 27.5. The molecule has 4 bridgehead atoms. The minimum Gasteiger partial charge on any atom is -0.497 e. The Morgan fingerprint density at radius 2 is 1.59 bits per heavy atom. The Labute approximate surface area is 230 Å². The van der Waals surface area contributed by atoms with Crippen LogP contribution in [0.15, 0.2) is 54.6 Å². The van der Waals surface area contributed by atoms with Crippen LogP contribution < -0.4 is 15.4 Å². The maximum absolute atomic E-state index is 13.7. The SMILES string of the molecule is COc1ccc(CC(C)(OC(=O)NC2C3CC4CC(C3)CC2C4)C(=O)NC(CO)C(O)c2ccccc2)cc1. The zero-order valence-corrected chi connectivity index (χ0v) is 22.7. The average molecular weight is 537 g/mol. The van der Waals surface area contributed by atoms with E-state index < -0.39 is 36.4 Å². The molecule has 3 atom stereocenters. The van der Waals surface area contributed by atoms with Gasteiger partial charge in [-0.3, -0.25) is 4.79 Å². The van der Waals surface area contributed by atoms with Gasteiger partial charge in [-0.1, -0.05) is 42.5 Å². The van der Waals surface area contributed by atoms with E-state index in [0.717, 1.165) is 43.1 Å². The number of hydrogen-bond donors (Lipinski definition) is 4. The van der Waals surface area contributed by atoms with Crippen molar-refractivity contribution in [1.82, 2.24) is 10.6 Å². The number of benzene rings is 2. The number of methoxy groups -OCH3 is 1. The van der Waals surface area contributed by atoms with Crippen LogP contribution in [0.4, 0.5) is 4.79 Å². The van der Waals surface area contributed by atoms with Gasteiger partial charge < -0.3 is 30.3 Å². The largest absolute Gasteiger partial charge is 0.497 e. The zero-order chi connectivity index (χ0) is 27.6. The van der Waals surface area contributed by atoms with Crippen LogP contribution in [0.25, 0.3) is 0 Å². The molecule has 0 saturated heterocycles. The van der Waals surface area contributed by atoms with Crippen LogP contribution in [0.1, 0.15) is 56.3 Å². The predicted octanol–water partition coefficient (Wildman–Crippen LogP) is 3.76. The molecule has 210 valence electrons. The molecule has 0 heterocycles. The molecule has 4 saturated carbocycles. The second-order valence-electron chi connectivity index (χ2n) is 11.9. The van der Waals surface area contributed by atoms with E-state index in [-0.39, 0.29) is 12.5 Å². The maximum Gasteiger partial charge on any atom is 0.408 e. The van der Waals surface area contributed by atoms with Gasteiger partial charge in [0.1, 0.15) is 11.9 Å². The highest BCUT2D eigenvalue weighted by Gasteiger charge is 2.49. The average Bonchev–Trinajstić information content (AvgIpc) is 2.93. The van der Waals surface area contributed by atoms with Crippen LogP contribution in [-0.2, 0) is 16.0 Å². The Morgan fingerprint density at radius 1 is 0.974 bits per heavy atom. The van der Waals surface area contributed by atoms with Gasteiger partial charge in [-0.05, 0) is 86.0 Å². The van der Waals surface area contributed by atoms with Crippen molar-refractivity contribution in [3.05, 3.63) is 65.7 Å². The Bertz CT molecular complexity index is 1110. The zero-order valence-electron chi connectivity index (χ0n) is 22.7. The van der Waals surface area contributed by atoms with E-state index in [4.69, 9.17) is 9.47 Å². The lowest BCUT2D eigenvalue weighted by Crippen LogP contribution is -2.59. The van der Waals surface area contributed by atoms with E-state index in [9.17, 15) is 19.8 Å². The molecule has 39 heavy (non-hydrogen) atoms. The van der Waals surface area contributed by atoms with Gasteiger partial charge in [0, 0.05) is 12.5 Å².